The van der Waals surface area contributed by atoms with Gasteiger partial charge in [0.25, 0.3) is 0 Å². The van der Waals surface area contributed by atoms with Crippen LogP contribution < -0.4 is 4.74 Å². The molecule has 4 nitrogen and oxygen atoms in total. The van der Waals surface area contributed by atoms with E-state index in [4.69, 9.17) is 14.3 Å². The minimum absolute atomic E-state index is 0.0651. The number of aliphatic hydroxyl groups is 1. The SMILES string of the molecule is C=CCOc1ccccc1CN(CC)Cc1ccc(CO)o1. The maximum absolute atomic E-state index is 9.06. The van der Waals surface area contributed by atoms with Crippen molar-refractivity contribution >= 4 is 0 Å². The van der Waals surface area contributed by atoms with Crippen LogP contribution in [0, 0.1) is 0 Å². The first kappa shape index (κ1) is 16.3. The Kier molecular flexibility index (Phi) is 6.25. The lowest BCUT2D eigenvalue weighted by Crippen LogP contribution is -2.22. The number of hydrogen-bond acceptors (Lipinski definition) is 4. The third kappa shape index (κ3) is 4.48. The molecule has 2 rings (SSSR count). The van der Waals surface area contributed by atoms with E-state index in [1.807, 2.05) is 30.3 Å². The van der Waals surface area contributed by atoms with Gasteiger partial charge in [0.15, 0.2) is 0 Å². The lowest BCUT2D eigenvalue weighted by Gasteiger charge is -2.21. The lowest BCUT2D eigenvalue weighted by atomic mass is 10.2. The molecule has 0 aliphatic rings. The second-order valence-electron chi connectivity index (χ2n) is 5.04. The zero-order chi connectivity index (χ0) is 15.8. The van der Waals surface area contributed by atoms with Crippen molar-refractivity contribution < 1.29 is 14.3 Å². The predicted molar refractivity (Wildman–Crippen MR) is 86.6 cm³/mol. The third-order valence-electron chi connectivity index (χ3n) is 3.42. The fourth-order valence-corrected chi connectivity index (χ4v) is 2.26. The summed E-state index contributed by atoms with van der Waals surface area (Å²) in [6.07, 6.45) is 1.74. The summed E-state index contributed by atoms with van der Waals surface area (Å²) in [6, 6.07) is 11.8. The van der Waals surface area contributed by atoms with Crippen LogP contribution in [0.5, 0.6) is 5.75 Å². The number of hydrogen-bond donors (Lipinski definition) is 1. The Bertz CT molecular complexity index is 592. The van der Waals surface area contributed by atoms with Gasteiger partial charge < -0.3 is 14.3 Å². The minimum atomic E-state index is -0.0651. The molecule has 4 heteroatoms. The molecule has 0 aliphatic heterocycles. The van der Waals surface area contributed by atoms with Crippen LogP contribution in [-0.4, -0.2) is 23.2 Å². The number of furan rings is 1. The van der Waals surface area contributed by atoms with E-state index in [0.29, 0.717) is 18.9 Å². The van der Waals surface area contributed by atoms with Crippen LogP contribution in [0.4, 0.5) is 0 Å². The minimum Gasteiger partial charge on any atom is -0.489 e. The molecule has 0 saturated heterocycles. The number of rotatable bonds is 9. The zero-order valence-corrected chi connectivity index (χ0v) is 13.0. The molecule has 1 aromatic carbocycles. The molecule has 0 unspecified atom stereocenters. The number of aliphatic hydroxyl groups excluding tert-OH is 1. The summed E-state index contributed by atoms with van der Waals surface area (Å²) in [5, 5.41) is 9.06. The molecule has 2 aromatic rings. The summed E-state index contributed by atoms with van der Waals surface area (Å²) >= 11 is 0. The van der Waals surface area contributed by atoms with Crippen LogP contribution in [0.3, 0.4) is 0 Å². The second kappa shape index (κ2) is 8.41. The standard InChI is InChI=1S/C18H23NO3/c1-3-11-21-18-8-6-5-7-15(18)12-19(4-2)13-16-9-10-17(14-20)22-16/h3,5-10,20H,1,4,11-14H2,2H3. The Morgan fingerprint density at radius 2 is 1.95 bits per heavy atom. The molecule has 0 radical (unpaired) electrons. The highest BCUT2D eigenvalue weighted by Gasteiger charge is 2.11. The number of para-hydroxylation sites is 1. The first-order valence-electron chi connectivity index (χ1n) is 7.49. The number of ether oxygens (including phenoxy) is 1. The highest BCUT2D eigenvalue weighted by molar-refractivity contribution is 5.33. The molecule has 22 heavy (non-hydrogen) atoms. The van der Waals surface area contributed by atoms with E-state index >= 15 is 0 Å². The molecule has 118 valence electrons. The summed E-state index contributed by atoms with van der Waals surface area (Å²) in [4.78, 5) is 2.26. The summed E-state index contributed by atoms with van der Waals surface area (Å²) in [7, 11) is 0. The average molecular weight is 301 g/mol. The van der Waals surface area contributed by atoms with Gasteiger partial charge in [0.1, 0.15) is 30.5 Å². The fraction of sp³-hybridized carbons (Fsp3) is 0.333. The smallest absolute Gasteiger partial charge is 0.129 e. The van der Waals surface area contributed by atoms with E-state index in [1.54, 1.807) is 6.08 Å². The molecule has 0 atom stereocenters. The van der Waals surface area contributed by atoms with Gasteiger partial charge in [-0.25, -0.2) is 0 Å². The zero-order valence-electron chi connectivity index (χ0n) is 13.0. The van der Waals surface area contributed by atoms with E-state index in [1.165, 1.54) is 0 Å². The Balaban J connectivity index is 2.04. The molecule has 0 aliphatic carbocycles. The maximum atomic E-state index is 9.06. The van der Waals surface area contributed by atoms with E-state index in [0.717, 1.165) is 30.2 Å². The fourth-order valence-electron chi connectivity index (χ4n) is 2.26. The Morgan fingerprint density at radius 3 is 2.64 bits per heavy atom. The molecule has 1 heterocycles. The summed E-state index contributed by atoms with van der Waals surface area (Å²) in [5.41, 5.74) is 1.14. The Hall–Kier alpha value is -2.04. The average Bonchev–Trinajstić information content (AvgIpc) is 3.01. The van der Waals surface area contributed by atoms with Crippen LogP contribution in [0.15, 0.2) is 53.5 Å². The highest BCUT2D eigenvalue weighted by Crippen LogP contribution is 2.21. The predicted octanol–water partition coefficient (Wildman–Crippen LogP) is 3.36. The van der Waals surface area contributed by atoms with Gasteiger partial charge in [-0.05, 0) is 24.7 Å². The quantitative estimate of drug-likeness (QED) is 0.721. The molecule has 1 N–H and O–H groups in total. The first-order chi connectivity index (χ1) is 10.8. The normalized spacial score (nSPS) is 10.9. The summed E-state index contributed by atoms with van der Waals surface area (Å²) in [6.45, 7) is 8.60. The van der Waals surface area contributed by atoms with Gasteiger partial charge in [0.05, 0.1) is 6.54 Å². The molecule has 0 bridgehead atoms. The van der Waals surface area contributed by atoms with E-state index in [-0.39, 0.29) is 6.61 Å². The van der Waals surface area contributed by atoms with Crippen molar-refractivity contribution in [2.45, 2.75) is 26.6 Å². The molecule has 0 saturated carbocycles. The van der Waals surface area contributed by atoms with Gasteiger partial charge in [-0.3, -0.25) is 4.90 Å². The van der Waals surface area contributed by atoms with Crippen LogP contribution in [0.2, 0.25) is 0 Å². The molecular formula is C18H23NO3. The van der Waals surface area contributed by atoms with Gasteiger partial charge >= 0.3 is 0 Å². The summed E-state index contributed by atoms with van der Waals surface area (Å²) < 4.78 is 11.3. The topological polar surface area (TPSA) is 45.8 Å². The largest absolute Gasteiger partial charge is 0.489 e. The third-order valence-corrected chi connectivity index (χ3v) is 3.42. The first-order valence-corrected chi connectivity index (χ1v) is 7.49. The number of benzene rings is 1. The highest BCUT2D eigenvalue weighted by atomic mass is 16.5. The van der Waals surface area contributed by atoms with Crippen molar-refractivity contribution in [2.24, 2.45) is 0 Å². The van der Waals surface area contributed by atoms with Gasteiger partial charge in [0.2, 0.25) is 0 Å². The molecule has 0 amide bonds. The van der Waals surface area contributed by atoms with Crippen molar-refractivity contribution in [3.8, 4) is 5.75 Å². The molecule has 1 aromatic heterocycles. The van der Waals surface area contributed by atoms with E-state index in [9.17, 15) is 0 Å². The maximum Gasteiger partial charge on any atom is 0.129 e. The van der Waals surface area contributed by atoms with Gasteiger partial charge in [0, 0.05) is 12.1 Å². The van der Waals surface area contributed by atoms with Crippen molar-refractivity contribution in [3.63, 3.8) is 0 Å². The second-order valence-corrected chi connectivity index (χ2v) is 5.04. The van der Waals surface area contributed by atoms with Crippen molar-refractivity contribution in [3.05, 3.63) is 66.1 Å². The Labute approximate surface area is 131 Å². The van der Waals surface area contributed by atoms with Crippen LogP contribution in [-0.2, 0) is 19.7 Å². The molecule has 0 spiro atoms. The van der Waals surface area contributed by atoms with Gasteiger partial charge in [-0.1, -0.05) is 37.8 Å². The van der Waals surface area contributed by atoms with Crippen LogP contribution >= 0.6 is 0 Å². The van der Waals surface area contributed by atoms with E-state index < -0.39 is 0 Å². The van der Waals surface area contributed by atoms with Crippen LogP contribution in [0.1, 0.15) is 24.0 Å². The van der Waals surface area contributed by atoms with E-state index in [2.05, 4.69) is 24.5 Å². The van der Waals surface area contributed by atoms with Crippen molar-refractivity contribution in [1.29, 1.82) is 0 Å². The van der Waals surface area contributed by atoms with Crippen molar-refractivity contribution in [2.75, 3.05) is 13.2 Å². The lowest BCUT2D eigenvalue weighted by molar-refractivity contribution is 0.218. The van der Waals surface area contributed by atoms with Gasteiger partial charge in [-0.2, -0.15) is 0 Å². The summed E-state index contributed by atoms with van der Waals surface area (Å²) in [5.74, 6) is 2.34. The number of nitrogens with zero attached hydrogens (tertiary/aromatic N) is 1. The molecular weight excluding hydrogens is 278 g/mol. The Morgan fingerprint density at radius 1 is 1.18 bits per heavy atom. The van der Waals surface area contributed by atoms with Gasteiger partial charge in [-0.15, -0.1) is 0 Å². The molecule has 0 fully saturated rings. The van der Waals surface area contributed by atoms with Crippen LogP contribution in [0.25, 0.3) is 0 Å². The monoisotopic (exact) mass is 301 g/mol. The van der Waals surface area contributed by atoms with Crippen molar-refractivity contribution in [1.82, 2.24) is 4.90 Å².